The van der Waals surface area contributed by atoms with E-state index in [4.69, 9.17) is 9.84 Å². The summed E-state index contributed by atoms with van der Waals surface area (Å²) in [5.74, 6) is -0.390. The molecule has 0 aliphatic heterocycles. The third-order valence-electron chi connectivity index (χ3n) is 1.72. The Kier molecular flexibility index (Phi) is 2.37. The van der Waals surface area contributed by atoms with Crippen LogP contribution in [0.2, 0.25) is 0 Å². The highest BCUT2D eigenvalue weighted by Gasteiger charge is 2.01. The third kappa shape index (κ3) is 1.85. The number of carboxylic acid groups (broad SMARTS) is 1. The summed E-state index contributed by atoms with van der Waals surface area (Å²) in [5, 5.41) is 11.3. The maximum atomic E-state index is 10.3. The van der Waals surface area contributed by atoms with Gasteiger partial charge in [0.25, 0.3) is 0 Å². The average Bonchev–Trinajstić information content (AvgIpc) is 2.61. The van der Waals surface area contributed by atoms with Gasteiger partial charge in [-0.2, -0.15) is 0 Å². The summed E-state index contributed by atoms with van der Waals surface area (Å²) in [5.41, 5.74) is 0. The highest BCUT2D eigenvalue weighted by Crippen LogP contribution is 2.24. The molecule has 0 aliphatic carbocycles. The second kappa shape index (κ2) is 3.67. The van der Waals surface area contributed by atoms with Crippen molar-refractivity contribution in [3.05, 3.63) is 29.6 Å². The van der Waals surface area contributed by atoms with Crippen LogP contribution in [-0.2, 0) is 4.79 Å². The molecule has 3 nitrogen and oxygen atoms in total. The van der Waals surface area contributed by atoms with Crippen LogP contribution in [0.25, 0.3) is 10.1 Å². The fraction of sp³-hybridized carbons (Fsp3) is 0.100. The summed E-state index contributed by atoms with van der Waals surface area (Å²) in [6, 6.07) is 8.49. The Morgan fingerprint density at radius 3 is 3.21 bits per heavy atom. The van der Waals surface area contributed by atoms with Gasteiger partial charge in [0.15, 0.2) is 6.61 Å². The number of hydrogen-bond donors (Lipinski definition) is 1. The molecule has 0 saturated carbocycles. The first-order chi connectivity index (χ1) is 6.75. The summed E-state index contributed by atoms with van der Waals surface area (Å²) in [4.78, 5) is 10.3. The SMILES string of the molecule is O=C(O)COc1ccc2[c]csc2c1. The molecular weight excluding hydrogens is 200 g/mol. The smallest absolute Gasteiger partial charge is 0.341 e. The topological polar surface area (TPSA) is 46.5 Å². The molecule has 0 saturated heterocycles. The minimum Gasteiger partial charge on any atom is -0.482 e. The van der Waals surface area contributed by atoms with Gasteiger partial charge in [-0.15, -0.1) is 11.3 Å². The van der Waals surface area contributed by atoms with Crippen molar-refractivity contribution in [2.75, 3.05) is 6.61 Å². The van der Waals surface area contributed by atoms with Gasteiger partial charge < -0.3 is 9.84 Å². The van der Waals surface area contributed by atoms with Gasteiger partial charge in [-0.05, 0) is 23.6 Å². The molecule has 0 atom stereocenters. The predicted octanol–water partition coefficient (Wildman–Crippen LogP) is 2.16. The lowest BCUT2D eigenvalue weighted by Gasteiger charge is -2.01. The molecule has 2 rings (SSSR count). The van der Waals surface area contributed by atoms with Crippen molar-refractivity contribution in [3.63, 3.8) is 0 Å². The molecule has 0 unspecified atom stereocenters. The third-order valence-corrected chi connectivity index (χ3v) is 2.54. The molecule has 1 N–H and O–H groups in total. The quantitative estimate of drug-likeness (QED) is 0.838. The lowest BCUT2D eigenvalue weighted by Crippen LogP contribution is -2.09. The normalized spacial score (nSPS) is 10.3. The number of benzene rings is 1. The molecule has 71 valence electrons. The van der Waals surface area contributed by atoms with Crippen LogP contribution in [0.4, 0.5) is 0 Å². The van der Waals surface area contributed by atoms with Crippen molar-refractivity contribution in [1.29, 1.82) is 0 Å². The average molecular weight is 207 g/mol. The monoisotopic (exact) mass is 207 g/mol. The number of carbonyl (C=O) groups is 1. The lowest BCUT2D eigenvalue weighted by molar-refractivity contribution is -0.139. The zero-order valence-electron chi connectivity index (χ0n) is 7.19. The van der Waals surface area contributed by atoms with E-state index >= 15 is 0 Å². The van der Waals surface area contributed by atoms with Crippen LogP contribution >= 0.6 is 11.3 Å². The van der Waals surface area contributed by atoms with Gasteiger partial charge in [-0.1, -0.05) is 0 Å². The van der Waals surface area contributed by atoms with Crippen LogP contribution in [0.5, 0.6) is 5.75 Å². The molecule has 1 aromatic carbocycles. The van der Waals surface area contributed by atoms with E-state index in [0.29, 0.717) is 5.75 Å². The lowest BCUT2D eigenvalue weighted by atomic mass is 10.2. The van der Waals surface area contributed by atoms with Crippen LogP contribution in [-0.4, -0.2) is 17.7 Å². The van der Waals surface area contributed by atoms with Crippen LogP contribution < -0.4 is 4.74 Å². The van der Waals surface area contributed by atoms with Gasteiger partial charge in [0.2, 0.25) is 0 Å². The highest BCUT2D eigenvalue weighted by atomic mass is 32.1. The predicted molar refractivity (Wildman–Crippen MR) is 53.8 cm³/mol. The van der Waals surface area contributed by atoms with Gasteiger partial charge in [0.1, 0.15) is 5.75 Å². The van der Waals surface area contributed by atoms with E-state index in [2.05, 4.69) is 6.07 Å². The molecule has 14 heavy (non-hydrogen) atoms. The first kappa shape index (κ1) is 9.02. The van der Waals surface area contributed by atoms with Crippen molar-refractivity contribution in [2.45, 2.75) is 0 Å². The molecule has 2 aromatic rings. The number of carboxylic acids is 1. The van der Waals surface area contributed by atoms with Gasteiger partial charge in [0.05, 0.1) is 0 Å². The number of aliphatic carboxylic acids is 1. The van der Waals surface area contributed by atoms with Crippen molar-refractivity contribution >= 4 is 27.4 Å². The van der Waals surface area contributed by atoms with Crippen LogP contribution in [0.15, 0.2) is 23.6 Å². The molecule has 0 bridgehead atoms. The molecule has 1 heterocycles. The molecule has 0 fully saturated rings. The number of fused-ring (bicyclic) bond motifs is 1. The van der Waals surface area contributed by atoms with Gasteiger partial charge in [0, 0.05) is 16.2 Å². The van der Waals surface area contributed by atoms with Gasteiger partial charge in [-0.25, -0.2) is 4.79 Å². The molecule has 4 heteroatoms. The summed E-state index contributed by atoms with van der Waals surface area (Å²) >= 11 is 1.55. The molecule has 1 aromatic heterocycles. The zero-order valence-corrected chi connectivity index (χ0v) is 8.00. The zero-order chi connectivity index (χ0) is 9.97. The van der Waals surface area contributed by atoms with E-state index in [9.17, 15) is 4.79 Å². The highest BCUT2D eigenvalue weighted by molar-refractivity contribution is 7.17. The molecular formula is C10H7O3S. The van der Waals surface area contributed by atoms with Crippen LogP contribution in [0, 0.1) is 6.07 Å². The minimum absolute atomic E-state index is 0.305. The van der Waals surface area contributed by atoms with Crippen molar-refractivity contribution in [3.8, 4) is 5.75 Å². The fourth-order valence-electron chi connectivity index (χ4n) is 1.11. The number of ether oxygens (including phenoxy) is 1. The molecule has 0 spiro atoms. The van der Waals surface area contributed by atoms with E-state index in [-0.39, 0.29) is 6.61 Å². The Morgan fingerprint density at radius 2 is 2.43 bits per heavy atom. The van der Waals surface area contributed by atoms with E-state index < -0.39 is 5.97 Å². The summed E-state index contributed by atoms with van der Waals surface area (Å²) in [7, 11) is 0. The fourth-order valence-corrected chi connectivity index (χ4v) is 1.86. The van der Waals surface area contributed by atoms with Crippen molar-refractivity contribution in [2.24, 2.45) is 0 Å². The Morgan fingerprint density at radius 1 is 1.57 bits per heavy atom. The number of thiophene rings is 1. The second-order valence-corrected chi connectivity index (χ2v) is 3.63. The summed E-state index contributed by atoms with van der Waals surface area (Å²) in [6.07, 6.45) is 0. The molecule has 0 aliphatic rings. The Labute approximate surface area is 84.6 Å². The maximum Gasteiger partial charge on any atom is 0.341 e. The standard InChI is InChI=1S/C10H7O3S/c11-10(12)6-13-8-2-1-7-3-4-14-9(7)5-8/h1-2,4-5H,6H2,(H,11,12). The Hall–Kier alpha value is -1.55. The number of hydrogen-bond acceptors (Lipinski definition) is 3. The van der Waals surface area contributed by atoms with Crippen LogP contribution in [0.1, 0.15) is 0 Å². The first-order valence-electron chi connectivity index (χ1n) is 3.99. The summed E-state index contributed by atoms with van der Waals surface area (Å²) in [6.45, 7) is -0.305. The van der Waals surface area contributed by atoms with Gasteiger partial charge >= 0.3 is 5.97 Å². The molecule has 1 radical (unpaired) electrons. The van der Waals surface area contributed by atoms with Crippen molar-refractivity contribution < 1.29 is 14.6 Å². The minimum atomic E-state index is -0.970. The first-order valence-corrected chi connectivity index (χ1v) is 4.87. The maximum absolute atomic E-state index is 10.3. The van der Waals surface area contributed by atoms with Crippen LogP contribution in [0.3, 0.4) is 0 Å². The van der Waals surface area contributed by atoms with Crippen molar-refractivity contribution in [1.82, 2.24) is 0 Å². The largest absolute Gasteiger partial charge is 0.482 e. The van der Waals surface area contributed by atoms with Gasteiger partial charge in [-0.3, -0.25) is 0 Å². The summed E-state index contributed by atoms with van der Waals surface area (Å²) < 4.78 is 6.09. The Bertz CT molecular complexity index is 461. The molecule has 0 amide bonds. The van der Waals surface area contributed by atoms with E-state index in [1.807, 2.05) is 17.5 Å². The number of rotatable bonds is 3. The second-order valence-electron chi connectivity index (χ2n) is 2.72. The van der Waals surface area contributed by atoms with E-state index in [0.717, 1.165) is 10.1 Å². The van der Waals surface area contributed by atoms with E-state index in [1.54, 1.807) is 17.4 Å². The Balaban J connectivity index is 2.21. The van der Waals surface area contributed by atoms with E-state index in [1.165, 1.54) is 0 Å².